The Bertz CT molecular complexity index is 905. The molecule has 1 aliphatic rings. The van der Waals surface area contributed by atoms with Crippen LogP contribution < -0.4 is 10.1 Å². The lowest BCUT2D eigenvalue weighted by Crippen LogP contribution is -2.19. The standard InChI is InChI=1S/C18H14N2O4S/c1-24-14-8-3-2-5-11(14)10-15-16(21)20-18(25-15)19-13-7-4-6-12(9-13)17(22)23/h2-10H,1H3,(H,22,23)(H,19,20,21)/b15-10-. The van der Waals surface area contributed by atoms with Crippen LogP contribution in [0.3, 0.4) is 0 Å². The minimum Gasteiger partial charge on any atom is -0.496 e. The molecule has 2 aromatic carbocycles. The number of hydrogen-bond acceptors (Lipinski definition) is 5. The average Bonchev–Trinajstić information content (AvgIpc) is 2.94. The van der Waals surface area contributed by atoms with Crippen molar-refractivity contribution >= 4 is 40.6 Å². The van der Waals surface area contributed by atoms with Crippen molar-refractivity contribution in [3.8, 4) is 5.75 Å². The van der Waals surface area contributed by atoms with Crippen LogP contribution in [0.25, 0.3) is 6.08 Å². The highest BCUT2D eigenvalue weighted by Gasteiger charge is 2.24. The van der Waals surface area contributed by atoms with Gasteiger partial charge in [0, 0.05) is 5.56 Å². The van der Waals surface area contributed by atoms with Gasteiger partial charge in [-0.2, -0.15) is 0 Å². The first kappa shape index (κ1) is 16.8. The van der Waals surface area contributed by atoms with E-state index in [-0.39, 0.29) is 11.5 Å². The zero-order chi connectivity index (χ0) is 17.8. The van der Waals surface area contributed by atoms with Gasteiger partial charge in [0.1, 0.15) is 5.75 Å². The number of carboxylic acid groups (broad SMARTS) is 1. The number of para-hydroxylation sites is 1. The Kier molecular flexibility index (Phi) is 4.85. The summed E-state index contributed by atoms with van der Waals surface area (Å²) in [6.45, 7) is 0. The average molecular weight is 354 g/mol. The van der Waals surface area contributed by atoms with E-state index in [9.17, 15) is 9.59 Å². The first-order valence-electron chi connectivity index (χ1n) is 7.33. The first-order chi connectivity index (χ1) is 12.1. The molecule has 1 heterocycles. The van der Waals surface area contributed by atoms with E-state index in [1.165, 1.54) is 23.9 Å². The predicted octanol–water partition coefficient (Wildman–Crippen LogP) is 3.29. The van der Waals surface area contributed by atoms with E-state index < -0.39 is 5.97 Å². The maximum absolute atomic E-state index is 12.1. The molecule has 2 aromatic rings. The van der Waals surface area contributed by atoms with Gasteiger partial charge in [0.25, 0.3) is 5.91 Å². The second-order valence-corrected chi connectivity index (χ2v) is 6.11. The summed E-state index contributed by atoms with van der Waals surface area (Å²) in [7, 11) is 1.57. The molecule has 0 aliphatic carbocycles. The fourth-order valence-corrected chi connectivity index (χ4v) is 3.07. The molecule has 1 fully saturated rings. The minimum atomic E-state index is -1.03. The third kappa shape index (κ3) is 3.89. The number of carbonyl (C=O) groups excluding carboxylic acids is 1. The van der Waals surface area contributed by atoms with E-state index in [0.29, 0.717) is 21.5 Å². The van der Waals surface area contributed by atoms with Crippen molar-refractivity contribution in [2.75, 3.05) is 7.11 Å². The molecule has 6 nitrogen and oxygen atoms in total. The molecule has 1 amide bonds. The quantitative estimate of drug-likeness (QED) is 0.823. The highest BCUT2D eigenvalue weighted by Crippen LogP contribution is 2.30. The van der Waals surface area contributed by atoms with Gasteiger partial charge in [0.2, 0.25) is 0 Å². The summed E-state index contributed by atoms with van der Waals surface area (Å²) in [5.41, 5.74) is 1.39. The molecule has 3 rings (SSSR count). The third-order valence-electron chi connectivity index (χ3n) is 3.40. The van der Waals surface area contributed by atoms with Crippen molar-refractivity contribution in [2.45, 2.75) is 0 Å². The maximum Gasteiger partial charge on any atom is 0.335 e. The monoisotopic (exact) mass is 354 g/mol. The molecule has 1 aliphatic heterocycles. The molecule has 0 aromatic heterocycles. The van der Waals surface area contributed by atoms with Gasteiger partial charge in [-0.1, -0.05) is 24.3 Å². The van der Waals surface area contributed by atoms with Gasteiger partial charge in [-0.3, -0.25) is 4.79 Å². The summed E-state index contributed by atoms with van der Waals surface area (Å²) >= 11 is 1.19. The summed E-state index contributed by atoms with van der Waals surface area (Å²) in [6, 6.07) is 13.6. The number of amides is 1. The zero-order valence-corrected chi connectivity index (χ0v) is 14.0. The zero-order valence-electron chi connectivity index (χ0n) is 13.2. The molecule has 25 heavy (non-hydrogen) atoms. The normalized spacial score (nSPS) is 16.9. The number of aliphatic imine (C=N–C) groups is 1. The predicted molar refractivity (Wildman–Crippen MR) is 97.2 cm³/mol. The lowest BCUT2D eigenvalue weighted by atomic mass is 10.2. The molecule has 126 valence electrons. The molecule has 2 N–H and O–H groups in total. The molecular formula is C18H14N2O4S. The van der Waals surface area contributed by atoms with Crippen LogP contribution in [-0.2, 0) is 4.79 Å². The van der Waals surface area contributed by atoms with Crippen molar-refractivity contribution in [3.63, 3.8) is 0 Å². The molecule has 0 atom stereocenters. The molecular weight excluding hydrogens is 340 g/mol. The summed E-state index contributed by atoms with van der Waals surface area (Å²) in [5.74, 6) is -0.617. The summed E-state index contributed by atoms with van der Waals surface area (Å²) in [5, 5.41) is 12.1. The Labute approximate surface area is 148 Å². The van der Waals surface area contributed by atoms with Crippen molar-refractivity contribution in [1.82, 2.24) is 5.32 Å². The smallest absolute Gasteiger partial charge is 0.335 e. The number of thioether (sulfide) groups is 1. The third-order valence-corrected chi connectivity index (χ3v) is 4.31. The van der Waals surface area contributed by atoms with Crippen LogP contribution >= 0.6 is 11.8 Å². The number of ether oxygens (including phenoxy) is 1. The van der Waals surface area contributed by atoms with Gasteiger partial charge in [0.15, 0.2) is 5.17 Å². The maximum atomic E-state index is 12.1. The number of nitrogens with one attached hydrogen (secondary N) is 1. The topological polar surface area (TPSA) is 88.0 Å². The van der Waals surface area contributed by atoms with Crippen LogP contribution in [0, 0.1) is 0 Å². The van der Waals surface area contributed by atoms with Crippen LogP contribution in [-0.4, -0.2) is 29.3 Å². The molecule has 0 radical (unpaired) electrons. The van der Waals surface area contributed by atoms with E-state index in [1.807, 2.05) is 24.3 Å². The Morgan fingerprint density at radius 2 is 2.04 bits per heavy atom. The Hall–Kier alpha value is -3.06. The van der Waals surface area contributed by atoms with Crippen LogP contribution in [0.5, 0.6) is 5.75 Å². The summed E-state index contributed by atoms with van der Waals surface area (Å²) in [6.07, 6.45) is 1.73. The second kappa shape index (κ2) is 7.23. The molecule has 0 unspecified atom stereocenters. The highest BCUT2D eigenvalue weighted by atomic mass is 32.2. The lowest BCUT2D eigenvalue weighted by molar-refractivity contribution is -0.115. The molecule has 1 saturated heterocycles. The number of nitrogens with zero attached hydrogens (tertiary/aromatic N) is 1. The molecule has 0 spiro atoms. The van der Waals surface area contributed by atoms with Crippen LogP contribution in [0.1, 0.15) is 15.9 Å². The van der Waals surface area contributed by atoms with Gasteiger partial charge >= 0.3 is 5.97 Å². The number of benzene rings is 2. The van der Waals surface area contributed by atoms with Gasteiger partial charge in [0.05, 0.1) is 23.3 Å². The fourth-order valence-electron chi connectivity index (χ4n) is 2.23. The number of aromatic carboxylic acids is 1. The summed E-state index contributed by atoms with van der Waals surface area (Å²) < 4.78 is 5.28. The second-order valence-electron chi connectivity index (χ2n) is 5.08. The number of carboxylic acids is 1. The fraction of sp³-hybridized carbons (Fsp3) is 0.0556. The van der Waals surface area contributed by atoms with E-state index >= 15 is 0 Å². The number of methoxy groups -OCH3 is 1. The number of hydrogen-bond donors (Lipinski definition) is 2. The largest absolute Gasteiger partial charge is 0.496 e. The van der Waals surface area contributed by atoms with Crippen molar-refractivity contribution in [3.05, 3.63) is 64.6 Å². The number of rotatable bonds is 4. The molecule has 0 saturated carbocycles. The Morgan fingerprint density at radius 3 is 2.80 bits per heavy atom. The van der Waals surface area contributed by atoms with E-state index in [1.54, 1.807) is 25.3 Å². The number of carbonyl (C=O) groups is 2. The van der Waals surface area contributed by atoms with Crippen molar-refractivity contribution < 1.29 is 19.4 Å². The Morgan fingerprint density at radius 1 is 1.24 bits per heavy atom. The SMILES string of the molecule is COc1ccccc1/C=C1\SC(=Nc2cccc(C(=O)O)c2)NC1=O. The summed E-state index contributed by atoms with van der Waals surface area (Å²) in [4.78, 5) is 27.9. The van der Waals surface area contributed by atoms with Crippen LogP contribution in [0.2, 0.25) is 0 Å². The molecule has 0 bridgehead atoms. The minimum absolute atomic E-state index is 0.140. The van der Waals surface area contributed by atoms with Crippen molar-refractivity contribution in [2.24, 2.45) is 4.99 Å². The van der Waals surface area contributed by atoms with Gasteiger partial charge in [-0.15, -0.1) is 0 Å². The Balaban J connectivity index is 1.86. The first-order valence-corrected chi connectivity index (χ1v) is 8.14. The van der Waals surface area contributed by atoms with Gasteiger partial charge in [-0.05, 0) is 42.1 Å². The van der Waals surface area contributed by atoms with E-state index in [0.717, 1.165) is 5.56 Å². The van der Waals surface area contributed by atoms with Gasteiger partial charge < -0.3 is 15.2 Å². The number of amidine groups is 1. The molecule has 7 heteroatoms. The van der Waals surface area contributed by atoms with Gasteiger partial charge in [-0.25, -0.2) is 9.79 Å². The lowest BCUT2D eigenvalue weighted by Gasteiger charge is -2.03. The van der Waals surface area contributed by atoms with Crippen molar-refractivity contribution in [1.29, 1.82) is 0 Å². The van der Waals surface area contributed by atoms with E-state index in [4.69, 9.17) is 9.84 Å². The van der Waals surface area contributed by atoms with Crippen LogP contribution in [0.4, 0.5) is 5.69 Å². The van der Waals surface area contributed by atoms with Crippen LogP contribution in [0.15, 0.2) is 58.4 Å². The van der Waals surface area contributed by atoms with E-state index in [2.05, 4.69) is 10.3 Å². The highest BCUT2D eigenvalue weighted by molar-refractivity contribution is 8.18.